The van der Waals surface area contributed by atoms with Gasteiger partial charge in [0.15, 0.2) is 0 Å². The summed E-state index contributed by atoms with van der Waals surface area (Å²) in [6, 6.07) is 7.16. The average molecular weight is 387 g/mol. The van der Waals surface area contributed by atoms with E-state index in [2.05, 4.69) is 51.8 Å². The van der Waals surface area contributed by atoms with Crippen molar-refractivity contribution in [1.82, 2.24) is 4.98 Å². The first-order chi connectivity index (χ1) is 12.4. The number of amides is 1. The number of nitrogens with one attached hydrogen (secondary N) is 1. The zero-order valence-corrected chi connectivity index (χ0v) is 17.5. The normalized spacial score (nSPS) is 12.4. The highest BCUT2D eigenvalue weighted by Crippen LogP contribution is 2.40. The maximum Gasteiger partial charge on any atom is 0.249 e. The van der Waals surface area contributed by atoms with Crippen LogP contribution in [0.2, 0.25) is 5.02 Å². The van der Waals surface area contributed by atoms with Gasteiger partial charge in [-0.05, 0) is 46.7 Å². The lowest BCUT2D eigenvalue weighted by Crippen LogP contribution is -2.17. The van der Waals surface area contributed by atoms with Gasteiger partial charge < -0.3 is 10.4 Å². The van der Waals surface area contributed by atoms with Crippen molar-refractivity contribution in [3.63, 3.8) is 0 Å². The molecule has 0 unspecified atom stereocenters. The number of pyridine rings is 1. The third-order valence-corrected chi connectivity index (χ3v) is 4.38. The van der Waals surface area contributed by atoms with E-state index < -0.39 is 0 Å². The van der Waals surface area contributed by atoms with Gasteiger partial charge in [0.1, 0.15) is 11.6 Å². The van der Waals surface area contributed by atoms with Crippen LogP contribution in [0.15, 0.2) is 36.5 Å². The second-order valence-corrected chi connectivity index (χ2v) is 9.09. The summed E-state index contributed by atoms with van der Waals surface area (Å²) in [5, 5.41) is 14.0. The van der Waals surface area contributed by atoms with Gasteiger partial charge in [-0.25, -0.2) is 4.98 Å². The summed E-state index contributed by atoms with van der Waals surface area (Å²) in [4.78, 5) is 16.2. The predicted molar refractivity (Wildman–Crippen MR) is 112 cm³/mol. The molecule has 5 heteroatoms. The molecular formula is C22H27ClN2O2. The van der Waals surface area contributed by atoms with Crippen LogP contribution in [0.1, 0.15) is 58.2 Å². The van der Waals surface area contributed by atoms with Crippen LogP contribution in [-0.2, 0) is 15.6 Å². The Morgan fingerprint density at radius 1 is 1.07 bits per heavy atom. The van der Waals surface area contributed by atoms with Gasteiger partial charge in [-0.3, -0.25) is 4.79 Å². The van der Waals surface area contributed by atoms with E-state index in [9.17, 15) is 9.90 Å². The number of carbonyl (C=O) groups is 1. The molecule has 2 N–H and O–H groups in total. The number of aromatic hydroxyl groups is 1. The molecule has 0 aliphatic heterocycles. The van der Waals surface area contributed by atoms with Crippen molar-refractivity contribution in [2.45, 2.75) is 52.4 Å². The summed E-state index contributed by atoms with van der Waals surface area (Å²) in [5.41, 5.74) is 2.14. The Hall–Kier alpha value is -2.33. The highest BCUT2D eigenvalue weighted by Gasteiger charge is 2.26. The second-order valence-electron chi connectivity index (χ2n) is 8.65. The summed E-state index contributed by atoms with van der Waals surface area (Å²) in [7, 11) is 0. The molecule has 0 aliphatic carbocycles. The van der Waals surface area contributed by atoms with Crippen molar-refractivity contribution in [3.8, 4) is 5.75 Å². The minimum absolute atomic E-state index is 0.219. The van der Waals surface area contributed by atoms with Crippen molar-refractivity contribution in [2.24, 2.45) is 0 Å². The van der Waals surface area contributed by atoms with Gasteiger partial charge in [-0.15, -0.1) is 0 Å². The zero-order valence-electron chi connectivity index (χ0n) is 16.7. The Labute approximate surface area is 166 Å². The Balaban J connectivity index is 2.33. The fraction of sp³-hybridized carbons (Fsp3) is 0.364. The number of carbonyl (C=O) groups excluding carboxylic acids is 1. The molecule has 1 aromatic carbocycles. The number of hydrogen-bond donors (Lipinski definition) is 2. The van der Waals surface area contributed by atoms with Gasteiger partial charge >= 0.3 is 0 Å². The molecule has 144 valence electrons. The summed E-state index contributed by atoms with van der Waals surface area (Å²) >= 11 is 5.80. The van der Waals surface area contributed by atoms with Gasteiger partial charge in [0.25, 0.3) is 0 Å². The van der Waals surface area contributed by atoms with E-state index in [-0.39, 0.29) is 16.7 Å². The van der Waals surface area contributed by atoms with E-state index in [0.29, 0.717) is 16.6 Å². The first-order valence-electron chi connectivity index (χ1n) is 8.86. The molecule has 0 saturated carbocycles. The Kier molecular flexibility index (Phi) is 6.01. The molecule has 0 saturated heterocycles. The van der Waals surface area contributed by atoms with Crippen molar-refractivity contribution in [2.75, 3.05) is 5.32 Å². The van der Waals surface area contributed by atoms with Gasteiger partial charge in [-0.1, -0.05) is 53.1 Å². The topological polar surface area (TPSA) is 62.2 Å². The third kappa shape index (κ3) is 5.57. The largest absolute Gasteiger partial charge is 0.507 e. The van der Waals surface area contributed by atoms with Gasteiger partial charge in [0, 0.05) is 23.4 Å². The summed E-state index contributed by atoms with van der Waals surface area (Å²) < 4.78 is 0. The third-order valence-electron chi connectivity index (χ3n) is 4.15. The molecular weight excluding hydrogens is 360 g/mol. The lowest BCUT2D eigenvalue weighted by atomic mass is 9.78. The van der Waals surface area contributed by atoms with Gasteiger partial charge in [0.2, 0.25) is 5.91 Å². The number of anilines is 1. The maximum absolute atomic E-state index is 12.2. The Morgan fingerprint density at radius 2 is 1.63 bits per heavy atom. The molecule has 4 nitrogen and oxygen atoms in total. The molecule has 1 aromatic heterocycles. The highest BCUT2D eigenvalue weighted by atomic mass is 35.5. The smallest absolute Gasteiger partial charge is 0.249 e. The molecule has 2 rings (SSSR count). The summed E-state index contributed by atoms with van der Waals surface area (Å²) in [6.07, 6.45) is 4.68. The van der Waals surface area contributed by atoms with Gasteiger partial charge in [-0.2, -0.15) is 0 Å². The van der Waals surface area contributed by atoms with E-state index in [1.165, 1.54) is 12.3 Å². The monoisotopic (exact) mass is 386 g/mol. The molecule has 0 atom stereocenters. The van der Waals surface area contributed by atoms with E-state index >= 15 is 0 Å². The Bertz CT molecular complexity index is 822. The fourth-order valence-electron chi connectivity index (χ4n) is 2.69. The van der Waals surface area contributed by atoms with Crippen LogP contribution in [0.25, 0.3) is 6.08 Å². The van der Waals surface area contributed by atoms with Crippen LogP contribution >= 0.6 is 11.6 Å². The number of phenols is 1. The molecule has 1 amide bonds. The van der Waals surface area contributed by atoms with Crippen LogP contribution in [0.4, 0.5) is 5.82 Å². The van der Waals surface area contributed by atoms with E-state index in [1.807, 2.05) is 12.1 Å². The number of aromatic nitrogens is 1. The molecule has 1 heterocycles. The highest BCUT2D eigenvalue weighted by molar-refractivity contribution is 6.30. The van der Waals surface area contributed by atoms with E-state index in [1.54, 1.807) is 18.2 Å². The first kappa shape index (κ1) is 21.0. The quantitative estimate of drug-likeness (QED) is 0.666. The van der Waals surface area contributed by atoms with Crippen LogP contribution < -0.4 is 5.32 Å². The number of hydrogen-bond acceptors (Lipinski definition) is 3. The van der Waals surface area contributed by atoms with Crippen LogP contribution in [-0.4, -0.2) is 16.0 Å². The van der Waals surface area contributed by atoms with Crippen LogP contribution in [0.5, 0.6) is 5.75 Å². The zero-order chi connectivity index (χ0) is 20.4. The lowest BCUT2D eigenvalue weighted by molar-refractivity contribution is -0.111. The number of nitrogens with zero attached hydrogens (tertiary/aromatic N) is 1. The summed E-state index contributed by atoms with van der Waals surface area (Å²) in [5.74, 6) is 0.472. The van der Waals surface area contributed by atoms with Crippen molar-refractivity contribution in [3.05, 3.63) is 58.3 Å². The molecule has 0 spiro atoms. The molecule has 0 radical (unpaired) electrons. The summed E-state index contributed by atoms with van der Waals surface area (Å²) in [6.45, 7) is 12.3. The standard InChI is InChI=1S/C22H27ClN2O2/c1-21(2,3)16-11-14(12-17(20(16)27)22(4,5)6)7-10-19(26)25-18-9-8-15(23)13-24-18/h7-13,27H,1-6H3,(H,24,25,26)/b10-7+. The first-order valence-corrected chi connectivity index (χ1v) is 9.24. The SMILES string of the molecule is CC(C)(C)c1cc(/C=C/C(=O)Nc2ccc(Cl)cn2)cc(C(C)(C)C)c1O. The van der Waals surface area contributed by atoms with Crippen LogP contribution in [0.3, 0.4) is 0 Å². The molecule has 2 aromatic rings. The predicted octanol–water partition coefficient (Wildman–Crippen LogP) is 5.69. The second kappa shape index (κ2) is 7.73. The van der Waals surface area contributed by atoms with Crippen molar-refractivity contribution < 1.29 is 9.90 Å². The maximum atomic E-state index is 12.2. The van der Waals surface area contributed by atoms with E-state index in [4.69, 9.17) is 11.6 Å². The van der Waals surface area contributed by atoms with Crippen LogP contribution in [0, 0.1) is 0 Å². The molecule has 0 aliphatic rings. The molecule has 27 heavy (non-hydrogen) atoms. The van der Waals surface area contributed by atoms with Crippen molar-refractivity contribution in [1.29, 1.82) is 0 Å². The van der Waals surface area contributed by atoms with E-state index in [0.717, 1.165) is 16.7 Å². The number of phenolic OH excluding ortho intramolecular Hbond substituents is 1. The minimum atomic E-state index is -0.285. The Morgan fingerprint density at radius 3 is 2.07 bits per heavy atom. The molecule has 0 bridgehead atoms. The fourth-order valence-corrected chi connectivity index (χ4v) is 2.80. The number of halogens is 1. The minimum Gasteiger partial charge on any atom is -0.507 e. The number of rotatable bonds is 3. The number of benzene rings is 1. The average Bonchev–Trinajstić information content (AvgIpc) is 2.54. The molecule has 0 fully saturated rings. The lowest BCUT2D eigenvalue weighted by Gasteiger charge is -2.27. The van der Waals surface area contributed by atoms with Crippen molar-refractivity contribution >= 4 is 29.4 Å². The van der Waals surface area contributed by atoms with Gasteiger partial charge in [0.05, 0.1) is 5.02 Å².